The van der Waals surface area contributed by atoms with Crippen LogP contribution in [0.1, 0.15) is 28.1 Å². The largest absolute Gasteiger partial charge is 0.395 e. The summed E-state index contributed by atoms with van der Waals surface area (Å²) in [6.07, 6.45) is 1.43. The van der Waals surface area contributed by atoms with Crippen molar-refractivity contribution >= 4 is 17.2 Å². The number of hydrogen-bond donors (Lipinski definition) is 2. The lowest BCUT2D eigenvalue weighted by molar-refractivity contribution is 0.0942. The molecule has 0 spiro atoms. The smallest absolute Gasteiger partial charge is 0.262 e. The van der Waals surface area contributed by atoms with Gasteiger partial charge in [-0.3, -0.25) is 4.79 Å². The van der Waals surface area contributed by atoms with Gasteiger partial charge < -0.3 is 15.3 Å². The standard InChI is InChI=1S/C14H18N2O2S/c1-16-7-5-12(10-16)15-14(18)13-11(6-9-19-13)4-2-3-8-17/h6,9,12,17H,3,5,7-8,10H2,1H3,(H,15,18). The minimum absolute atomic E-state index is 0.0383. The molecule has 0 aromatic carbocycles. The van der Waals surface area contributed by atoms with Gasteiger partial charge in [0, 0.05) is 24.6 Å². The first-order valence-corrected chi connectivity index (χ1v) is 7.25. The number of thiophene rings is 1. The Morgan fingerprint density at radius 1 is 1.68 bits per heavy atom. The molecule has 19 heavy (non-hydrogen) atoms. The van der Waals surface area contributed by atoms with E-state index in [4.69, 9.17) is 5.11 Å². The fraction of sp³-hybridized carbons (Fsp3) is 0.500. The fourth-order valence-corrected chi connectivity index (χ4v) is 2.85. The number of amides is 1. The van der Waals surface area contributed by atoms with Crippen LogP contribution in [0.3, 0.4) is 0 Å². The highest BCUT2D eigenvalue weighted by atomic mass is 32.1. The van der Waals surface area contributed by atoms with Gasteiger partial charge in [-0.15, -0.1) is 11.3 Å². The Morgan fingerprint density at radius 3 is 3.21 bits per heavy atom. The summed E-state index contributed by atoms with van der Waals surface area (Å²) in [5.74, 6) is 5.75. The Labute approximate surface area is 117 Å². The van der Waals surface area contributed by atoms with Crippen LogP contribution < -0.4 is 5.32 Å². The summed E-state index contributed by atoms with van der Waals surface area (Å²) >= 11 is 1.41. The first-order chi connectivity index (χ1) is 9.20. The van der Waals surface area contributed by atoms with Crippen molar-refractivity contribution in [2.75, 3.05) is 26.7 Å². The van der Waals surface area contributed by atoms with Crippen LogP contribution in [0.2, 0.25) is 0 Å². The molecule has 1 aliphatic rings. The van der Waals surface area contributed by atoms with Crippen molar-refractivity contribution in [3.8, 4) is 11.8 Å². The molecule has 0 bridgehead atoms. The lowest BCUT2D eigenvalue weighted by Gasteiger charge is -2.12. The number of rotatable bonds is 3. The molecule has 1 saturated heterocycles. The van der Waals surface area contributed by atoms with E-state index in [1.807, 2.05) is 11.4 Å². The maximum absolute atomic E-state index is 12.2. The zero-order valence-electron chi connectivity index (χ0n) is 11.0. The molecule has 0 radical (unpaired) electrons. The average molecular weight is 278 g/mol. The summed E-state index contributed by atoms with van der Waals surface area (Å²) in [6.45, 7) is 1.98. The minimum atomic E-state index is -0.0383. The third-order valence-corrected chi connectivity index (χ3v) is 3.97. The molecule has 1 aromatic heterocycles. The highest BCUT2D eigenvalue weighted by molar-refractivity contribution is 7.12. The first kappa shape index (κ1) is 14.1. The molecule has 1 unspecified atom stereocenters. The van der Waals surface area contributed by atoms with Gasteiger partial charge in [-0.1, -0.05) is 11.8 Å². The van der Waals surface area contributed by atoms with E-state index in [1.54, 1.807) is 0 Å². The second-order valence-corrected chi connectivity index (χ2v) is 5.58. The topological polar surface area (TPSA) is 52.6 Å². The summed E-state index contributed by atoms with van der Waals surface area (Å²) in [6, 6.07) is 2.09. The third-order valence-electron chi connectivity index (χ3n) is 3.06. The molecule has 0 aliphatic carbocycles. The van der Waals surface area contributed by atoms with Crippen molar-refractivity contribution in [2.45, 2.75) is 18.9 Å². The van der Waals surface area contributed by atoms with Gasteiger partial charge in [0.05, 0.1) is 6.61 Å². The van der Waals surface area contributed by atoms with E-state index >= 15 is 0 Å². The summed E-state index contributed by atoms with van der Waals surface area (Å²) in [7, 11) is 2.06. The number of carbonyl (C=O) groups is 1. The second-order valence-electron chi connectivity index (χ2n) is 4.66. The monoisotopic (exact) mass is 278 g/mol. The Hall–Kier alpha value is -1.35. The second kappa shape index (κ2) is 6.71. The van der Waals surface area contributed by atoms with Crippen molar-refractivity contribution in [3.63, 3.8) is 0 Å². The van der Waals surface area contributed by atoms with E-state index in [0.29, 0.717) is 11.3 Å². The van der Waals surface area contributed by atoms with Crippen molar-refractivity contribution in [1.82, 2.24) is 10.2 Å². The Kier molecular flexibility index (Phi) is 4.97. The SMILES string of the molecule is CN1CCC(NC(=O)c2sccc2C#CCCO)C1. The molecular formula is C14H18N2O2S. The highest BCUT2D eigenvalue weighted by Crippen LogP contribution is 2.17. The summed E-state index contributed by atoms with van der Waals surface area (Å²) in [5.41, 5.74) is 0.752. The Balaban J connectivity index is 2.00. The van der Waals surface area contributed by atoms with Gasteiger partial charge in [0.25, 0.3) is 5.91 Å². The molecule has 0 saturated carbocycles. The van der Waals surface area contributed by atoms with Crippen LogP contribution in [0.4, 0.5) is 0 Å². The van der Waals surface area contributed by atoms with Crippen LogP contribution in [0.5, 0.6) is 0 Å². The Bertz CT molecular complexity index is 501. The molecular weight excluding hydrogens is 260 g/mol. The van der Waals surface area contributed by atoms with Crippen LogP contribution in [0.15, 0.2) is 11.4 Å². The van der Waals surface area contributed by atoms with E-state index in [-0.39, 0.29) is 18.6 Å². The van der Waals surface area contributed by atoms with Gasteiger partial charge in [-0.2, -0.15) is 0 Å². The Morgan fingerprint density at radius 2 is 2.53 bits per heavy atom. The van der Waals surface area contributed by atoms with Crippen molar-refractivity contribution in [1.29, 1.82) is 0 Å². The van der Waals surface area contributed by atoms with Gasteiger partial charge in [-0.05, 0) is 31.5 Å². The van der Waals surface area contributed by atoms with E-state index in [2.05, 4.69) is 29.1 Å². The number of carbonyl (C=O) groups excluding carboxylic acids is 1. The van der Waals surface area contributed by atoms with Gasteiger partial charge >= 0.3 is 0 Å². The predicted octanol–water partition coefficient (Wildman–Crippen LogP) is 0.916. The fourth-order valence-electron chi connectivity index (χ4n) is 2.10. The highest BCUT2D eigenvalue weighted by Gasteiger charge is 2.22. The van der Waals surface area contributed by atoms with Crippen molar-refractivity contribution in [2.24, 2.45) is 0 Å². The molecule has 102 valence electrons. The average Bonchev–Trinajstić information content (AvgIpc) is 2.99. The van der Waals surface area contributed by atoms with Crippen LogP contribution in [0.25, 0.3) is 0 Å². The zero-order chi connectivity index (χ0) is 13.7. The normalized spacial score (nSPS) is 18.9. The van der Waals surface area contributed by atoms with Crippen LogP contribution >= 0.6 is 11.3 Å². The number of hydrogen-bond acceptors (Lipinski definition) is 4. The number of aliphatic hydroxyl groups excluding tert-OH is 1. The van der Waals surface area contributed by atoms with E-state index < -0.39 is 0 Å². The summed E-state index contributed by atoms with van der Waals surface area (Å²) in [4.78, 5) is 15.1. The molecule has 2 heterocycles. The molecule has 1 amide bonds. The molecule has 1 aliphatic heterocycles. The van der Waals surface area contributed by atoms with Gasteiger partial charge in [0.15, 0.2) is 0 Å². The minimum Gasteiger partial charge on any atom is -0.395 e. The lowest BCUT2D eigenvalue weighted by atomic mass is 10.2. The van der Waals surface area contributed by atoms with Crippen LogP contribution in [-0.4, -0.2) is 48.7 Å². The maximum atomic E-state index is 12.2. The van der Waals surface area contributed by atoms with E-state index in [0.717, 1.165) is 25.1 Å². The van der Waals surface area contributed by atoms with E-state index in [1.165, 1.54) is 11.3 Å². The summed E-state index contributed by atoms with van der Waals surface area (Å²) in [5, 5.41) is 13.6. The van der Waals surface area contributed by atoms with Gasteiger partial charge in [0.1, 0.15) is 4.88 Å². The molecule has 5 heteroatoms. The van der Waals surface area contributed by atoms with E-state index in [9.17, 15) is 4.79 Å². The molecule has 1 aromatic rings. The molecule has 4 nitrogen and oxygen atoms in total. The number of likely N-dealkylation sites (tertiary alicyclic amines) is 1. The first-order valence-electron chi connectivity index (χ1n) is 6.37. The number of aliphatic hydroxyl groups is 1. The molecule has 2 rings (SSSR count). The quantitative estimate of drug-likeness (QED) is 0.808. The van der Waals surface area contributed by atoms with Crippen LogP contribution in [0, 0.1) is 11.8 Å². The number of nitrogens with one attached hydrogen (secondary N) is 1. The van der Waals surface area contributed by atoms with Crippen molar-refractivity contribution < 1.29 is 9.90 Å². The summed E-state index contributed by atoms with van der Waals surface area (Å²) < 4.78 is 0. The predicted molar refractivity (Wildman–Crippen MR) is 76.3 cm³/mol. The maximum Gasteiger partial charge on any atom is 0.262 e. The number of likely N-dealkylation sites (N-methyl/N-ethyl adjacent to an activating group) is 1. The van der Waals surface area contributed by atoms with Crippen LogP contribution in [-0.2, 0) is 0 Å². The molecule has 1 fully saturated rings. The van der Waals surface area contributed by atoms with Gasteiger partial charge in [0.2, 0.25) is 0 Å². The zero-order valence-corrected chi connectivity index (χ0v) is 11.8. The molecule has 1 atom stereocenters. The number of nitrogens with zero attached hydrogens (tertiary/aromatic N) is 1. The lowest BCUT2D eigenvalue weighted by Crippen LogP contribution is -2.36. The van der Waals surface area contributed by atoms with Gasteiger partial charge in [-0.25, -0.2) is 0 Å². The molecule has 2 N–H and O–H groups in total. The van der Waals surface area contributed by atoms with Crippen molar-refractivity contribution in [3.05, 3.63) is 21.9 Å². The third kappa shape index (κ3) is 3.80.